The van der Waals surface area contributed by atoms with Gasteiger partial charge in [0.25, 0.3) is 0 Å². The summed E-state index contributed by atoms with van der Waals surface area (Å²) < 4.78 is 49.4. The van der Waals surface area contributed by atoms with Gasteiger partial charge in [0, 0.05) is 18.6 Å². The second-order valence-electron chi connectivity index (χ2n) is 17.5. The maximum Gasteiger partial charge on any atom is 0.472 e. The second-order valence-corrected chi connectivity index (χ2v) is 21.2. The zero-order chi connectivity index (χ0) is 48.4. The van der Waals surface area contributed by atoms with Crippen LogP contribution in [0.3, 0.4) is 0 Å². The summed E-state index contributed by atoms with van der Waals surface area (Å²) in [5.41, 5.74) is 0. The number of esters is 2. The van der Waals surface area contributed by atoms with E-state index < -0.39 is 83.3 Å². The molecule has 7 N–H and O–H groups in total. The quantitative estimate of drug-likeness (QED) is 0.0171. The number of hydrogen-bond donors (Lipinski definition) is 7. The Morgan fingerprint density at radius 3 is 1.45 bits per heavy atom. The number of aliphatic hydroxyl groups excluding tert-OH is 4. The zero-order valence-corrected chi connectivity index (χ0v) is 42.0. The molecule has 65 heavy (non-hydrogen) atoms. The van der Waals surface area contributed by atoms with Gasteiger partial charge in [0.1, 0.15) is 42.7 Å². The molecule has 384 valence electrons. The van der Waals surface area contributed by atoms with Crippen LogP contribution in [-0.4, -0.2) is 114 Å². The highest BCUT2D eigenvalue weighted by Gasteiger charge is 2.54. The molecule has 0 heterocycles. The van der Waals surface area contributed by atoms with E-state index in [1.165, 1.54) is 108 Å². The van der Waals surface area contributed by atoms with E-state index in [9.17, 15) is 58.6 Å². The molecule has 1 saturated carbocycles. The van der Waals surface area contributed by atoms with Gasteiger partial charge in [-0.3, -0.25) is 28.0 Å². The van der Waals surface area contributed by atoms with Crippen LogP contribution in [0.5, 0.6) is 0 Å². The maximum atomic E-state index is 13.0. The monoisotopic (exact) mass is 993 g/mol. The molecule has 20 heteroatoms. The Balaban J connectivity index is 2.52. The summed E-state index contributed by atoms with van der Waals surface area (Å²) in [7, 11) is -10.7. The van der Waals surface area contributed by atoms with Crippen LogP contribution in [0.1, 0.15) is 206 Å². The Labute approximate surface area is 393 Å². The highest BCUT2D eigenvalue weighted by Crippen LogP contribution is 2.49. The number of ether oxygens (including phenoxy) is 2. The summed E-state index contributed by atoms with van der Waals surface area (Å²) in [6.07, 6.45) is 15.0. The Morgan fingerprint density at radius 1 is 0.523 bits per heavy atom. The molecule has 1 aliphatic carbocycles. The van der Waals surface area contributed by atoms with Gasteiger partial charge in [0.15, 0.2) is 5.12 Å². The third kappa shape index (κ3) is 32.5. The van der Waals surface area contributed by atoms with Crippen LogP contribution in [0.15, 0.2) is 0 Å². The van der Waals surface area contributed by atoms with Crippen LogP contribution in [0.2, 0.25) is 0 Å². The standard InChI is InChI=1S/C45H86O17P2S/c1-3-5-6-7-8-9-10-12-15-18-21-24-27-31-37(46)60-36(35-59-64(56,57)62-45-42(51)40(49)41(50)44(43(45)52)61-63(53,54)55)34-38(47)58-32-28-25-22-19-16-13-11-14-17-20-23-26-29-33-65-39(48)30-4-2/h36,40-45,49-52H,3-35H2,1-2H3,(H,56,57)(H2,53,54,55)/t36-,40-,41?,42?,43+,44+,45?/m1/s1. The Kier molecular flexibility index (Phi) is 36.1. The third-order valence-electron chi connectivity index (χ3n) is 11.4. The van der Waals surface area contributed by atoms with Gasteiger partial charge in [-0.2, -0.15) is 0 Å². The smallest absolute Gasteiger partial charge is 0.466 e. The minimum atomic E-state index is -5.37. The summed E-state index contributed by atoms with van der Waals surface area (Å²) >= 11 is 1.47. The van der Waals surface area contributed by atoms with Crippen molar-refractivity contribution in [2.75, 3.05) is 19.0 Å². The average Bonchev–Trinajstić information content (AvgIpc) is 3.25. The molecule has 0 aromatic rings. The van der Waals surface area contributed by atoms with Crippen molar-refractivity contribution in [1.82, 2.24) is 0 Å². The molecule has 8 atom stereocenters. The zero-order valence-electron chi connectivity index (χ0n) is 39.4. The first-order valence-corrected chi connectivity index (χ1v) is 28.6. The Bertz CT molecular complexity index is 1340. The van der Waals surface area contributed by atoms with E-state index in [0.717, 1.165) is 70.0 Å². The van der Waals surface area contributed by atoms with E-state index in [1.807, 2.05) is 6.92 Å². The number of phosphoric acid groups is 2. The van der Waals surface area contributed by atoms with Crippen LogP contribution >= 0.6 is 27.4 Å². The van der Waals surface area contributed by atoms with Crippen molar-refractivity contribution in [3.05, 3.63) is 0 Å². The van der Waals surface area contributed by atoms with E-state index in [-0.39, 0.29) is 13.0 Å². The number of unbranched alkanes of at least 4 members (excludes halogenated alkanes) is 24. The molecular weight excluding hydrogens is 906 g/mol. The number of rotatable bonds is 42. The van der Waals surface area contributed by atoms with Crippen molar-refractivity contribution >= 4 is 44.5 Å². The molecule has 1 rings (SSSR count). The summed E-state index contributed by atoms with van der Waals surface area (Å²) in [5, 5.41) is 41.5. The molecule has 0 aliphatic heterocycles. The summed E-state index contributed by atoms with van der Waals surface area (Å²) in [4.78, 5) is 66.1. The highest BCUT2D eigenvalue weighted by atomic mass is 32.2. The van der Waals surface area contributed by atoms with Gasteiger partial charge >= 0.3 is 27.6 Å². The number of hydrogen-bond acceptors (Lipinski definition) is 15. The van der Waals surface area contributed by atoms with Crippen molar-refractivity contribution in [2.24, 2.45) is 0 Å². The van der Waals surface area contributed by atoms with E-state index >= 15 is 0 Å². The molecule has 0 amide bonds. The number of carbonyl (C=O) groups is 3. The fourth-order valence-corrected chi connectivity index (χ4v) is 10.1. The SMILES string of the molecule is CCCCCCCCCCCCCCCC(=O)O[C@@H](COP(=O)(O)OC1C(O)[C@H](O)C(O)[C@H](OP(=O)(O)O)[C@@H]1O)CC(=O)OCCCCCCCCCCCCCCCSC(=O)CCC. The molecule has 17 nitrogen and oxygen atoms in total. The number of aliphatic hydroxyl groups is 4. The molecule has 1 aliphatic rings. The lowest BCUT2D eigenvalue weighted by atomic mass is 9.85. The van der Waals surface area contributed by atoms with Crippen molar-refractivity contribution in [2.45, 2.75) is 249 Å². The molecule has 0 aromatic heterocycles. The Hall–Kier alpha value is -0.980. The van der Waals surface area contributed by atoms with E-state index in [2.05, 4.69) is 11.4 Å². The van der Waals surface area contributed by atoms with Crippen molar-refractivity contribution in [1.29, 1.82) is 0 Å². The van der Waals surface area contributed by atoms with Crippen LogP contribution in [0.4, 0.5) is 0 Å². The highest BCUT2D eigenvalue weighted by molar-refractivity contribution is 8.13. The Morgan fingerprint density at radius 2 is 0.969 bits per heavy atom. The average molecular weight is 993 g/mol. The van der Waals surface area contributed by atoms with Gasteiger partial charge in [0.2, 0.25) is 0 Å². The molecule has 0 radical (unpaired) electrons. The lowest BCUT2D eigenvalue weighted by molar-refractivity contribution is -0.216. The first-order chi connectivity index (χ1) is 31.0. The largest absolute Gasteiger partial charge is 0.472 e. The molecule has 0 saturated heterocycles. The van der Waals surface area contributed by atoms with Crippen LogP contribution in [0.25, 0.3) is 0 Å². The fraction of sp³-hybridized carbons (Fsp3) is 0.933. The van der Waals surface area contributed by atoms with Crippen molar-refractivity contribution in [3.8, 4) is 0 Å². The topological polar surface area (TPSA) is 273 Å². The first-order valence-electron chi connectivity index (χ1n) is 24.6. The fourth-order valence-electron chi connectivity index (χ4n) is 7.66. The lowest BCUT2D eigenvalue weighted by Crippen LogP contribution is -2.64. The first kappa shape index (κ1) is 62.0. The number of carbonyl (C=O) groups excluding carboxylic acids is 3. The summed E-state index contributed by atoms with van der Waals surface area (Å²) in [6.45, 7) is 3.50. The third-order valence-corrected chi connectivity index (χ3v) is 14.0. The second kappa shape index (κ2) is 37.9. The minimum absolute atomic E-state index is 0.0295. The van der Waals surface area contributed by atoms with Gasteiger partial charge in [-0.1, -0.05) is 173 Å². The minimum Gasteiger partial charge on any atom is -0.466 e. The van der Waals surface area contributed by atoms with Gasteiger partial charge in [0.05, 0.1) is 19.6 Å². The molecule has 0 spiro atoms. The molecule has 0 aromatic carbocycles. The molecule has 0 bridgehead atoms. The van der Waals surface area contributed by atoms with E-state index in [1.54, 1.807) is 0 Å². The van der Waals surface area contributed by atoms with Gasteiger partial charge in [-0.25, -0.2) is 9.13 Å². The molecule has 1 fully saturated rings. The van der Waals surface area contributed by atoms with Crippen LogP contribution < -0.4 is 0 Å². The predicted octanol–water partition coefficient (Wildman–Crippen LogP) is 8.88. The van der Waals surface area contributed by atoms with Crippen molar-refractivity contribution in [3.63, 3.8) is 0 Å². The molecule has 4 unspecified atom stereocenters. The van der Waals surface area contributed by atoms with E-state index in [0.29, 0.717) is 24.4 Å². The van der Waals surface area contributed by atoms with Crippen LogP contribution in [0, 0.1) is 0 Å². The van der Waals surface area contributed by atoms with Crippen LogP contribution in [-0.2, 0) is 46.6 Å². The number of thioether (sulfide) groups is 1. The summed E-state index contributed by atoms with van der Waals surface area (Å²) in [5.74, 6) is -0.479. The maximum absolute atomic E-state index is 13.0. The van der Waals surface area contributed by atoms with Gasteiger partial charge in [-0.15, -0.1) is 0 Å². The summed E-state index contributed by atoms with van der Waals surface area (Å²) in [6, 6.07) is 0. The molecular formula is C45H86O17P2S. The predicted molar refractivity (Wildman–Crippen MR) is 250 cm³/mol. The van der Waals surface area contributed by atoms with E-state index in [4.69, 9.17) is 18.5 Å². The van der Waals surface area contributed by atoms with Gasteiger partial charge in [-0.05, 0) is 25.7 Å². The van der Waals surface area contributed by atoms with Crippen molar-refractivity contribution < 1.29 is 81.7 Å². The van der Waals surface area contributed by atoms with Gasteiger partial charge < -0.3 is 44.6 Å². The normalized spacial score (nSPS) is 21.5. The lowest BCUT2D eigenvalue weighted by Gasteiger charge is -2.43. The number of phosphoric ester groups is 2.